The number of carbonyl (C=O) groups is 4. The number of carbonyl (C=O) groups excluding carboxylic acids is 3. The molecule has 4 amide bonds. The van der Waals surface area contributed by atoms with Crippen LogP contribution in [0.3, 0.4) is 0 Å². The van der Waals surface area contributed by atoms with Crippen molar-refractivity contribution < 1.29 is 29.0 Å². The molecule has 0 saturated carbocycles. The van der Waals surface area contributed by atoms with Gasteiger partial charge in [0.05, 0.1) is 43.0 Å². The van der Waals surface area contributed by atoms with Crippen LogP contribution < -0.4 is 5.32 Å². The Morgan fingerprint density at radius 3 is 1.57 bits per heavy atom. The quantitative estimate of drug-likeness (QED) is 0.138. The maximum Gasteiger partial charge on any atom is 0.407 e. The van der Waals surface area contributed by atoms with E-state index in [0.29, 0.717) is 24.7 Å². The number of hydrogen-bond acceptors (Lipinski definition) is 7. The number of nitrogens with zero attached hydrogens (tertiary/aromatic N) is 5. The highest BCUT2D eigenvalue weighted by molar-refractivity contribution is 5.87. The topological polar surface area (TPSA) is 177 Å². The molecule has 0 radical (unpaired) electrons. The largest absolute Gasteiger partial charge is 0.465 e. The van der Waals surface area contributed by atoms with Crippen LogP contribution in [0.4, 0.5) is 9.59 Å². The zero-order chi connectivity index (χ0) is 40.5. The van der Waals surface area contributed by atoms with Gasteiger partial charge in [-0.05, 0) is 58.8 Å². The summed E-state index contributed by atoms with van der Waals surface area (Å²) in [5.74, 6) is 1.04. The van der Waals surface area contributed by atoms with E-state index in [1.807, 2.05) is 70.7 Å². The first-order valence-electron chi connectivity index (χ1n) is 19.2. The third-order valence-electron chi connectivity index (χ3n) is 10.9. The Kier molecular flexibility index (Phi) is 11.3. The predicted molar refractivity (Wildman–Crippen MR) is 212 cm³/mol. The molecule has 4 N–H and O–H groups in total. The summed E-state index contributed by atoms with van der Waals surface area (Å²) in [5, 5.41) is 12.4. The van der Waals surface area contributed by atoms with E-state index in [9.17, 15) is 24.3 Å². The molecular weight excluding hydrogens is 713 g/mol. The maximum atomic E-state index is 13.8. The molecule has 4 heterocycles. The van der Waals surface area contributed by atoms with Gasteiger partial charge in [-0.25, -0.2) is 19.6 Å². The van der Waals surface area contributed by atoms with Crippen LogP contribution in [0.5, 0.6) is 0 Å². The van der Waals surface area contributed by atoms with Crippen molar-refractivity contribution in [3.05, 3.63) is 72.6 Å². The van der Waals surface area contributed by atoms with Crippen LogP contribution >= 0.6 is 0 Å². The second-order valence-electron chi connectivity index (χ2n) is 17.0. The minimum absolute atomic E-state index is 0.156. The summed E-state index contributed by atoms with van der Waals surface area (Å²) < 4.78 is 4.80. The molecule has 2 saturated heterocycles. The van der Waals surface area contributed by atoms with E-state index in [4.69, 9.17) is 4.74 Å². The van der Waals surface area contributed by atoms with E-state index in [0.717, 1.165) is 64.2 Å². The molecule has 56 heavy (non-hydrogen) atoms. The number of aromatic amines is 2. The predicted octanol–water partition coefficient (Wildman–Crippen LogP) is 7.26. The first-order valence-corrected chi connectivity index (χ1v) is 19.2. The number of methoxy groups -OCH3 is 1. The number of likely N-dealkylation sites (tertiary alicyclic amines) is 2. The molecule has 14 heteroatoms. The lowest BCUT2D eigenvalue weighted by molar-refractivity contribution is -0.141. The molecule has 0 aliphatic carbocycles. The number of ether oxygens (including phenoxy) is 1. The molecule has 14 nitrogen and oxygen atoms in total. The fraction of sp³-hybridized carbons (Fsp3) is 0.476. The zero-order valence-electron chi connectivity index (χ0n) is 33.6. The van der Waals surface area contributed by atoms with Crippen LogP contribution in [0, 0.1) is 10.8 Å². The summed E-state index contributed by atoms with van der Waals surface area (Å²) in [6.45, 7) is 12.5. The monoisotopic (exact) mass is 766 g/mol. The van der Waals surface area contributed by atoms with Crippen molar-refractivity contribution in [2.24, 2.45) is 10.8 Å². The van der Waals surface area contributed by atoms with Crippen LogP contribution in [0.25, 0.3) is 33.6 Å². The van der Waals surface area contributed by atoms with Crippen molar-refractivity contribution in [3.63, 3.8) is 0 Å². The van der Waals surface area contributed by atoms with Gasteiger partial charge in [0.15, 0.2) is 0 Å². The van der Waals surface area contributed by atoms with Crippen molar-refractivity contribution in [1.82, 2.24) is 40.0 Å². The molecule has 6 rings (SSSR count). The Morgan fingerprint density at radius 1 is 0.750 bits per heavy atom. The van der Waals surface area contributed by atoms with Gasteiger partial charge in [-0.15, -0.1) is 0 Å². The van der Waals surface area contributed by atoms with E-state index in [-0.39, 0.29) is 23.9 Å². The number of hydrogen-bond donors (Lipinski definition) is 4. The second-order valence-corrected chi connectivity index (χ2v) is 17.0. The molecule has 0 bridgehead atoms. The Balaban J connectivity index is 1.12. The molecule has 2 aromatic heterocycles. The van der Waals surface area contributed by atoms with Gasteiger partial charge in [0.2, 0.25) is 11.8 Å². The Bertz CT molecular complexity index is 2040. The molecule has 0 spiro atoms. The number of likely N-dealkylation sites (N-methyl/N-ethyl adjacent to an activating group) is 1. The van der Waals surface area contributed by atoms with Crippen molar-refractivity contribution in [2.45, 2.75) is 91.4 Å². The number of H-pyrrole nitrogens is 2. The van der Waals surface area contributed by atoms with Crippen molar-refractivity contribution in [3.8, 4) is 33.6 Å². The minimum atomic E-state index is -1.13. The molecule has 4 atom stereocenters. The fourth-order valence-electron chi connectivity index (χ4n) is 8.00. The minimum Gasteiger partial charge on any atom is -0.465 e. The third-order valence-corrected chi connectivity index (χ3v) is 10.9. The van der Waals surface area contributed by atoms with Crippen LogP contribution in [0.15, 0.2) is 60.9 Å². The van der Waals surface area contributed by atoms with Crippen LogP contribution in [-0.2, 0) is 14.3 Å². The summed E-state index contributed by atoms with van der Waals surface area (Å²) in [4.78, 5) is 72.4. The number of alkyl carbamates (subject to hydrolysis) is 1. The number of benzene rings is 2. The third kappa shape index (κ3) is 8.29. The molecule has 2 fully saturated rings. The van der Waals surface area contributed by atoms with Crippen LogP contribution in [-0.4, -0.2) is 103 Å². The van der Waals surface area contributed by atoms with Gasteiger partial charge in [-0.1, -0.05) is 90.1 Å². The summed E-state index contributed by atoms with van der Waals surface area (Å²) in [6.07, 6.45) is 4.97. The first-order chi connectivity index (χ1) is 26.5. The lowest BCUT2D eigenvalue weighted by Gasteiger charge is -2.38. The highest BCUT2D eigenvalue weighted by atomic mass is 16.5. The summed E-state index contributed by atoms with van der Waals surface area (Å²) in [5.41, 5.74) is 4.60. The number of aromatic nitrogens is 4. The van der Waals surface area contributed by atoms with Gasteiger partial charge in [-0.3, -0.25) is 14.5 Å². The summed E-state index contributed by atoms with van der Waals surface area (Å²) in [6, 6.07) is 14.4. The lowest BCUT2D eigenvalue weighted by atomic mass is 9.84. The van der Waals surface area contributed by atoms with E-state index in [1.54, 1.807) is 17.3 Å². The van der Waals surface area contributed by atoms with E-state index in [2.05, 4.69) is 49.5 Å². The fourth-order valence-corrected chi connectivity index (χ4v) is 8.00. The second kappa shape index (κ2) is 15.8. The van der Waals surface area contributed by atoms with Gasteiger partial charge in [0.1, 0.15) is 23.7 Å². The lowest BCUT2D eigenvalue weighted by Crippen LogP contribution is -2.54. The van der Waals surface area contributed by atoms with Gasteiger partial charge in [0, 0.05) is 20.1 Å². The average Bonchev–Trinajstić information content (AvgIpc) is 3.99. The van der Waals surface area contributed by atoms with Crippen molar-refractivity contribution >= 4 is 24.0 Å². The van der Waals surface area contributed by atoms with E-state index < -0.39 is 35.1 Å². The van der Waals surface area contributed by atoms with Crippen molar-refractivity contribution in [1.29, 1.82) is 0 Å². The molecule has 2 aliphatic rings. The van der Waals surface area contributed by atoms with E-state index >= 15 is 0 Å². The number of carboxylic acid groups (broad SMARTS) is 1. The smallest absolute Gasteiger partial charge is 0.407 e. The highest BCUT2D eigenvalue weighted by Crippen LogP contribution is 2.37. The maximum absolute atomic E-state index is 13.8. The summed E-state index contributed by atoms with van der Waals surface area (Å²) >= 11 is 0. The van der Waals surface area contributed by atoms with Gasteiger partial charge in [0.25, 0.3) is 0 Å². The average molecular weight is 767 g/mol. The molecule has 1 unspecified atom stereocenters. The highest BCUT2D eigenvalue weighted by Gasteiger charge is 2.44. The van der Waals surface area contributed by atoms with Gasteiger partial charge >= 0.3 is 12.2 Å². The van der Waals surface area contributed by atoms with Gasteiger partial charge in [-0.2, -0.15) is 0 Å². The zero-order valence-corrected chi connectivity index (χ0v) is 33.6. The molecule has 2 aromatic carbocycles. The molecule has 4 aromatic rings. The molecule has 2 aliphatic heterocycles. The normalized spacial score (nSPS) is 18.4. The van der Waals surface area contributed by atoms with Crippen LogP contribution in [0.2, 0.25) is 0 Å². The number of nitrogens with one attached hydrogen (secondary N) is 3. The molecule has 298 valence electrons. The number of imidazole rings is 2. The number of rotatable bonds is 9. The Labute approximate surface area is 328 Å². The summed E-state index contributed by atoms with van der Waals surface area (Å²) in [7, 11) is 2.74. The van der Waals surface area contributed by atoms with E-state index in [1.165, 1.54) is 14.2 Å². The number of amides is 4. The first kappa shape index (κ1) is 40.0. The van der Waals surface area contributed by atoms with Crippen molar-refractivity contribution in [2.75, 3.05) is 27.2 Å². The Morgan fingerprint density at radius 2 is 1.18 bits per heavy atom. The standard InChI is InChI=1S/C42H54N8O6/c1-41(2,3)33(47-39(53)56-8)37(51)49-21-9-11-31(49)35-43-23-29(45-35)27-17-13-25(14-18-27)26-15-19-28(20-16-26)30-24-44-36(46-30)32-12-10-22-50(32)38(52)34(42(4,5)6)48(7)40(54)55/h13-20,23-24,31-34H,9-12,21-22H2,1-8H3,(H,43,45)(H,44,46)(H,47,53)(H,54,55)/t31?,32-,33+,34+/m0/s1. The SMILES string of the molecule is COC(=O)N[C@H](C(=O)N1CCCC1c1ncc(-c2ccc(-c3ccc(-c4cnc([C@@H]5CCCN5C(=O)[C@@H](N(C)C(=O)O)C(C)(C)C)[nH]4)cc3)cc2)[nH]1)C(C)(C)C. The molecular formula is C42H54N8O6. The van der Waals surface area contributed by atoms with Crippen LogP contribution in [0.1, 0.15) is 91.0 Å². The van der Waals surface area contributed by atoms with Gasteiger partial charge < -0.3 is 34.9 Å². The Hall–Kier alpha value is -5.66.